The zero-order valence-corrected chi connectivity index (χ0v) is 8.29. The van der Waals surface area contributed by atoms with Gasteiger partial charge in [-0.1, -0.05) is 13.8 Å². The van der Waals surface area contributed by atoms with Crippen molar-refractivity contribution in [2.45, 2.75) is 39.4 Å². The van der Waals surface area contributed by atoms with E-state index in [2.05, 4.69) is 11.1 Å². The van der Waals surface area contributed by atoms with Crippen molar-refractivity contribution in [1.29, 1.82) is 0 Å². The van der Waals surface area contributed by atoms with Gasteiger partial charge in [0.25, 0.3) is 0 Å². The van der Waals surface area contributed by atoms with Crippen LogP contribution in [0.2, 0.25) is 0 Å². The fourth-order valence-electron chi connectivity index (χ4n) is 0.194. The molecule has 0 aliphatic carbocycles. The maximum absolute atomic E-state index is 10.7. The van der Waals surface area contributed by atoms with Crippen LogP contribution in [0.15, 0.2) is 4.40 Å². The standard InChI is InChI=1S/C5H11NOS.C2H6/c1-5(2,3)8(7)6-4;1-2/h4H2,1-3H3;1-2H3. The fourth-order valence-corrected chi connectivity index (χ4v) is 0.581. The summed E-state index contributed by atoms with van der Waals surface area (Å²) in [5, 5.41) is 0. The molecular formula is C7H17NOS. The quantitative estimate of drug-likeness (QED) is 0.545. The van der Waals surface area contributed by atoms with E-state index >= 15 is 0 Å². The second-order valence-electron chi connectivity index (χ2n) is 2.49. The van der Waals surface area contributed by atoms with Crippen molar-refractivity contribution in [3.05, 3.63) is 0 Å². The predicted octanol–water partition coefficient (Wildman–Crippen LogP) is 2.18. The summed E-state index contributed by atoms with van der Waals surface area (Å²) < 4.78 is 13.8. The lowest BCUT2D eigenvalue weighted by atomic mass is 10.3. The molecule has 0 rings (SSSR count). The van der Waals surface area contributed by atoms with Gasteiger partial charge in [-0.2, -0.15) is 0 Å². The van der Waals surface area contributed by atoms with Crippen LogP contribution in [0.1, 0.15) is 34.6 Å². The molecule has 10 heavy (non-hydrogen) atoms. The lowest BCUT2D eigenvalue weighted by Crippen LogP contribution is -2.19. The van der Waals surface area contributed by atoms with E-state index in [1.165, 1.54) is 0 Å². The van der Waals surface area contributed by atoms with E-state index in [0.717, 1.165) is 0 Å². The Morgan fingerprint density at radius 2 is 1.60 bits per heavy atom. The van der Waals surface area contributed by atoms with Gasteiger partial charge in [0, 0.05) is 6.72 Å². The Morgan fingerprint density at radius 1 is 1.30 bits per heavy atom. The van der Waals surface area contributed by atoms with Crippen molar-refractivity contribution in [3.8, 4) is 0 Å². The van der Waals surface area contributed by atoms with Gasteiger partial charge in [-0.15, -0.1) is 0 Å². The highest BCUT2D eigenvalue weighted by Crippen LogP contribution is 2.10. The van der Waals surface area contributed by atoms with Gasteiger partial charge < -0.3 is 0 Å². The van der Waals surface area contributed by atoms with Crippen molar-refractivity contribution in [2.75, 3.05) is 0 Å². The summed E-state index contributed by atoms with van der Waals surface area (Å²) in [6.07, 6.45) is 0. The van der Waals surface area contributed by atoms with E-state index in [4.69, 9.17) is 0 Å². The van der Waals surface area contributed by atoms with Crippen molar-refractivity contribution < 1.29 is 4.21 Å². The molecule has 0 aliphatic heterocycles. The molecule has 3 heteroatoms. The van der Waals surface area contributed by atoms with E-state index < -0.39 is 11.0 Å². The monoisotopic (exact) mass is 163 g/mol. The van der Waals surface area contributed by atoms with Crippen LogP contribution in [0.5, 0.6) is 0 Å². The smallest absolute Gasteiger partial charge is 0.144 e. The van der Waals surface area contributed by atoms with Crippen LogP contribution in [0.3, 0.4) is 0 Å². The molecule has 0 spiro atoms. The third-order valence-corrected chi connectivity index (χ3v) is 1.92. The van der Waals surface area contributed by atoms with Crippen LogP contribution < -0.4 is 0 Å². The average Bonchev–Trinajstić information content (AvgIpc) is 1.89. The van der Waals surface area contributed by atoms with Gasteiger partial charge in [-0.25, -0.2) is 8.61 Å². The van der Waals surface area contributed by atoms with E-state index in [-0.39, 0.29) is 4.75 Å². The SMILES string of the molecule is C=NS(=O)C(C)(C)C.CC. The topological polar surface area (TPSA) is 29.4 Å². The summed E-state index contributed by atoms with van der Waals surface area (Å²) in [6.45, 7) is 12.8. The first-order chi connectivity index (χ1) is 4.48. The minimum absolute atomic E-state index is 0.248. The molecular weight excluding hydrogens is 146 g/mol. The zero-order valence-electron chi connectivity index (χ0n) is 7.47. The highest BCUT2D eigenvalue weighted by atomic mass is 32.2. The molecule has 0 saturated heterocycles. The Hall–Kier alpha value is -0.180. The van der Waals surface area contributed by atoms with Crippen molar-refractivity contribution >= 4 is 17.7 Å². The first-order valence-corrected chi connectivity index (χ1v) is 4.48. The van der Waals surface area contributed by atoms with Gasteiger partial charge in [-0.3, -0.25) is 0 Å². The van der Waals surface area contributed by atoms with Crippen molar-refractivity contribution in [2.24, 2.45) is 4.40 Å². The average molecular weight is 163 g/mol. The summed E-state index contributed by atoms with van der Waals surface area (Å²) in [6, 6.07) is 0. The van der Waals surface area contributed by atoms with Gasteiger partial charge in [0.15, 0.2) is 0 Å². The van der Waals surface area contributed by atoms with Gasteiger partial charge in [0.2, 0.25) is 0 Å². The zero-order chi connectivity index (χ0) is 8.78. The van der Waals surface area contributed by atoms with Gasteiger partial charge in [0.1, 0.15) is 11.0 Å². The Labute approximate surface area is 66.3 Å². The Balaban J connectivity index is 0. The second kappa shape index (κ2) is 5.59. The molecule has 0 aromatic heterocycles. The fraction of sp³-hybridized carbons (Fsp3) is 0.857. The molecule has 1 atom stereocenters. The summed E-state index contributed by atoms with van der Waals surface area (Å²) in [5.41, 5.74) is 0. The normalized spacial score (nSPS) is 12.9. The van der Waals surface area contributed by atoms with Gasteiger partial charge >= 0.3 is 0 Å². The van der Waals surface area contributed by atoms with Crippen LogP contribution in [0.4, 0.5) is 0 Å². The summed E-state index contributed by atoms with van der Waals surface area (Å²) in [4.78, 5) is 0. The maximum atomic E-state index is 10.7. The summed E-state index contributed by atoms with van der Waals surface area (Å²) in [7, 11) is -1.13. The summed E-state index contributed by atoms with van der Waals surface area (Å²) in [5.74, 6) is 0. The minimum Gasteiger partial charge on any atom is -0.234 e. The molecule has 0 heterocycles. The molecule has 0 N–H and O–H groups in total. The lowest BCUT2D eigenvalue weighted by Gasteiger charge is -2.11. The molecule has 0 saturated carbocycles. The second-order valence-corrected chi connectivity index (χ2v) is 4.47. The number of hydrogen-bond donors (Lipinski definition) is 0. The molecule has 1 unspecified atom stereocenters. The van der Waals surface area contributed by atoms with E-state index in [0.29, 0.717) is 0 Å². The molecule has 0 radical (unpaired) electrons. The van der Waals surface area contributed by atoms with Crippen LogP contribution in [0.25, 0.3) is 0 Å². The molecule has 0 amide bonds. The molecule has 0 bridgehead atoms. The van der Waals surface area contributed by atoms with Crippen molar-refractivity contribution in [3.63, 3.8) is 0 Å². The first kappa shape index (κ1) is 12.5. The Morgan fingerprint density at radius 3 is 1.60 bits per heavy atom. The molecule has 0 aliphatic rings. The molecule has 0 aromatic rings. The van der Waals surface area contributed by atoms with Crippen LogP contribution in [-0.4, -0.2) is 15.7 Å². The number of nitrogens with zero attached hydrogens (tertiary/aromatic N) is 1. The van der Waals surface area contributed by atoms with Crippen LogP contribution in [-0.2, 0) is 11.0 Å². The highest BCUT2D eigenvalue weighted by molar-refractivity contribution is 7.85. The highest BCUT2D eigenvalue weighted by Gasteiger charge is 2.17. The van der Waals surface area contributed by atoms with E-state index in [9.17, 15) is 4.21 Å². The Bertz CT molecular complexity index is 115. The maximum Gasteiger partial charge on any atom is 0.144 e. The molecule has 0 aromatic carbocycles. The van der Waals surface area contributed by atoms with Crippen molar-refractivity contribution in [1.82, 2.24) is 0 Å². The van der Waals surface area contributed by atoms with Gasteiger partial charge in [-0.05, 0) is 20.8 Å². The third kappa shape index (κ3) is 5.95. The molecule has 2 nitrogen and oxygen atoms in total. The Kier molecular flexibility index (Phi) is 6.99. The first-order valence-electron chi connectivity index (χ1n) is 3.37. The minimum atomic E-state index is -1.13. The van der Waals surface area contributed by atoms with Crippen LogP contribution in [0, 0.1) is 0 Å². The summed E-state index contributed by atoms with van der Waals surface area (Å²) >= 11 is 0. The number of hydrogen-bond acceptors (Lipinski definition) is 1. The third-order valence-electron chi connectivity index (χ3n) is 0.641. The largest absolute Gasteiger partial charge is 0.234 e. The lowest BCUT2D eigenvalue weighted by molar-refractivity contribution is 0.651. The van der Waals surface area contributed by atoms with E-state index in [1.807, 2.05) is 34.6 Å². The van der Waals surface area contributed by atoms with Gasteiger partial charge in [0.05, 0.1) is 4.75 Å². The van der Waals surface area contributed by atoms with E-state index in [1.54, 1.807) is 0 Å². The molecule has 62 valence electrons. The molecule has 0 fully saturated rings. The number of rotatable bonds is 1. The predicted molar refractivity (Wildman–Crippen MR) is 48.8 cm³/mol. The van der Waals surface area contributed by atoms with Crippen LogP contribution >= 0.6 is 0 Å².